The molecule has 0 fully saturated rings. The summed E-state index contributed by atoms with van der Waals surface area (Å²) in [4.78, 5) is 24.8. The van der Waals surface area contributed by atoms with Gasteiger partial charge in [-0.15, -0.1) is 0 Å². The van der Waals surface area contributed by atoms with E-state index in [1.165, 1.54) is 6.21 Å². The Labute approximate surface area is 104 Å². The highest BCUT2D eigenvalue weighted by molar-refractivity contribution is 7.80. The monoisotopic (exact) mass is 266 g/mol. The highest BCUT2D eigenvalue weighted by Gasteiger charge is 2.14. The number of rotatable bonds is 8. The van der Waals surface area contributed by atoms with Crippen molar-refractivity contribution in [1.82, 2.24) is 5.32 Å². The van der Waals surface area contributed by atoms with Crippen molar-refractivity contribution in [3.05, 3.63) is 0 Å². The smallest absolute Gasteiger partial charge is 0.329 e. The predicted molar refractivity (Wildman–Crippen MR) is 67.0 cm³/mol. The van der Waals surface area contributed by atoms with E-state index in [9.17, 15) is 9.59 Å². The number of carboxylic acids is 2. The van der Waals surface area contributed by atoms with Crippen LogP contribution in [0.25, 0.3) is 0 Å². The molecule has 0 saturated carbocycles. The SMILES string of the molecule is O=C(O)[C@H](CS)N=CCN[C@@H](CS)C(=O)O. The molecule has 0 unspecified atom stereocenters. The van der Waals surface area contributed by atoms with Gasteiger partial charge in [-0.25, -0.2) is 4.79 Å². The molecule has 2 atom stereocenters. The van der Waals surface area contributed by atoms with Crippen molar-refractivity contribution in [2.45, 2.75) is 12.1 Å². The van der Waals surface area contributed by atoms with Gasteiger partial charge in [0, 0.05) is 24.3 Å². The molecule has 0 rings (SSSR count). The van der Waals surface area contributed by atoms with E-state index in [0.29, 0.717) is 0 Å². The summed E-state index contributed by atoms with van der Waals surface area (Å²) >= 11 is 7.68. The number of thiol groups is 2. The molecule has 0 aromatic carbocycles. The maximum atomic E-state index is 10.6. The highest BCUT2D eigenvalue weighted by atomic mass is 32.1. The van der Waals surface area contributed by atoms with Gasteiger partial charge < -0.3 is 10.2 Å². The molecule has 0 heterocycles. The van der Waals surface area contributed by atoms with E-state index in [4.69, 9.17) is 10.2 Å². The van der Waals surface area contributed by atoms with E-state index in [1.807, 2.05) is 0 Å². The minimum absolute atomic E-state index is 0.0980. The molecule has 0 aliphatic rings. The summed E-state index contributed by atoms with van der Waals surface area (Å²) in [6.45, 7) is 0.176. The summed E-state index contributed by atoms with van der Waals surface area (Å²) < 4.78 is 0. The lowest BCUT2D eigenvalue weighted by Crippen LogP contribution is -2.39. The molecule has 0 bridgehead atoms. The number of aliphatic imine (C=N–C) groups is 1. The summed E-state index contributed by atoms with van der Waals surface area (Å²) in [6.07, 6.45) is 1.33. The van der Waals surface area contributed by atoms with E-state index in [1.54, 1.807) is 0 Å². The number of carboxylic acid groups (broad SMARTS) is 2. The lowest BCUT2D eigenvalue weighted by atomic mass is 10.3. The Hall–Kier alpha value is -0.730. The number of nitrogens with one attached hydrogen (secondary N) is 1. The third-order valence-electron chi connectivity index (χ3n) is 1.68. The maximum Gasteiger partial charge on any atom is 0.329 e. The van der Waals surface area contributed by atoms with Gasteiger partial charge >= 0.3 is 11.9 Å². The molecule has 3 N–H and O–H groups in total. The first kappa shape index (κ1) is 15.3. The van der Waals surface area contributed by atoms with E-state index in [2.05, 4.69) is 35.6 Å². The summed E-state index contributed by atoms with van der Waals surface area (Å²) in [5.74, 6) is -1.82. The first-order valence-corrected chi connectivity index (χ1v) is 5.71. The number of aliphatic carboxylic acids is 2. The summed E-state index contributed by atoms with van der Waals surface area (Å²) in [5, 5.41) is 19.9. The molecule has 0 saturated heterocycles. The third kappa shape index (κ3) is 5.99. The van der Waals surface area contributed by atoms with Crippen molar-refractivity contribution in [1.29, 1.82) is 0 Å². The second-order valence-electron chi connectivity index (χ2n) is 2.85. The molecule has 0 amide bonds. The van der Waals surface area contributed by atoms with Crippen molar-refractivity contribution < 1.29 is 19.8 Å². The van der Waals surface area contributed by atoms with Gasteiger partial charge in [0.05, 0.1) is 0 Å². The van der Waals surface area contributed by atoms with Crippen molar-refractivity contribution in [2.24, 2.45) is 4.99 Å². The summed E-state index contributed by atoms with van der Waals surface area (Å²) in [7, 11) is 0. The van der Waals surface area contributed by atoms with Crippen LogP contribution in [0.5, 0.6) is 0 Å². The van der Waals surface area contributed by atoms with Gasteiger partial charge in [0.25, 0.3) is 0 Å². The fraction of sp³-hybridized carbons (Fsp3) is 0.625. The Morgan fingerprint density at radius 1 is 1.25 bits per heavy atom. The van der Waals surface area contributed by atoms with Gasteiger partial charge in [-0.05, 0) is 0 Å². The molecule has 0 aliphatic carbocycles. The maximum absolute atomic E-state index is 10.6. The van der Waals surface area contributed by atoms with Crippen LogP contribution in [-0.2, 0) is 9.59 Å². The van der Waals surface area contributed by atoms with Crippen LogP contribution in [-0.4, -0.2) is 58.5 Å². The van der Waals surface area contributed by atoms with Crippen LogP contribution in [0.3, 0.4) is 0 Å². The zero-order valence-electron chi connectivity index (χ0n) is 8.41. The molecular weight excluding hydrogens is 252 g/mol. The van der Waals surface area contributed by atoms with Gasteiger partial charge in [-0.3, -0.25) is 15.1 Å². The predicted octanol–water partition coefficient (Wildman–Crippen LogP) is -0.587. The Kier molecular flexibility index (Phi) is 8.04. The van der Waals surface area contributed by atoms with Crippen molar-refractivity contribution >= 4 is 43.4 Å². The van der Waals surface area contributed by atoms with Crippen LogP contribution >= 0.6 is 25.3 Å². The van der Waals surface area contributed by atoms with Crippen LogP contribution in [0.1, 0.15) is 0 Å². The fourth-order valence-corrected chi connectivity index (χ4v) is 1.33. The molecule has 8 heteroatoms. The Bertz CT molecular complexity index is 273. The zero-order chi connectivity index (χ0) is 12.6. The molecule has 16 heavy (non-hydrogen) atoms. The lowest BCUT2D eigenvalue weighted by Gasteiger charge is -2.09. The average Bonchev–Trinajstić information content (AvgIpc) is 2.22. The average molecular weight is 266 g/mol. The summed E-state index contributed by atoms with van der Waals surface area (Å²) in [5.41, 5.74) is 0. The molecule has 0 spiro atoms. The molecule has 0 aromatic heterocycles. The minimum Gasteiger partial charge on any atom is -0.480 e. The normalized spacial score (nSPS) is 14.9. The van der Waals surface area contributed by atoms with Crippen LogP contribution in [0.2, 0.25) is 0 Å². The Morgan fingerprint density at radius 3 is 2.25 bits per heavy atom. The summed E-state index contributed by atoms with van der Waals surface area (Å²) in [6, 6.07) is -1.67. The van der Waals surface area contributed by atoms with Gasteiger partial charge in [0.15, 0.2) is 6.04 Å². The van der Waals surface area contributed by atoms with Gasteiger partial charge in [0.1, 0.15) is 6.04 Å². The minimum atomic E-state index is -1.06. The van der Waals surface area contributed by atoms with Crippen LogP contribution < -0.4 is 5.32 Å². The number of hydrogen-bond acceptors (Lipinski definition) is 6. The number of nitrogens with zero attached hydrogens (tertiary/aromatic N) is 1. The van der Waals surface area contributed by atoms with E-state index >= 15 is 0 Å². The lowest BCUT2D eigenvalue weighted by molar-refractivity contribution is -0.139. The quantitative estimate of drug-likeness (QED) is 0.299. The van der Waals surface area contributed by atoms with Crippen LogP contribution in [0, 0.1) is 0 Å². The largest absolute Gasteiger partial charge is 0.480 e. The first-order valence-electron chi connectivity index (χ1n) is 4.45. The van der Waals surface area contributed by atoms with Gasteiger partial charge in [-0.2, -0.15) is 25.3 Å². The van der Waals surface area contributed by atoms with Gasteiger partial charge in [0.2, 0.25) is 0 Å². The van der Waals surface area contributed by atoms with Gasteiger partial charge in [-0.1, -0.05) is 0 Å². The molecule has 6 nitrogen and oxygen atoms in total. The third-order valence-corrected chi connectivity index (χ3v) is 2.39. The van der Waals surface area contributed by atoms with E-state index in [-0.39, 0.29) is 18.1 Å². The fourth-order valence-electron chi connectivity index (χ4n) is 0.794. The molecule has 0 aromatic rings. The van der Waals surface area contributed by atoms with Crippen molar-refractivity contribution in [3.63, 3.8) is 0 Å². The zero-order valence-corrected chi connectivity index (χ0v) is 10.2. The molecule has 92 valence electrons. The second-order valence-corrected chi connectivity index (χ2v) is 3.58. The number of carbonyl (C=O) groups is 2. The van der Waals surface area contributed by atoms with E-state index < -0.39 is 24.0 Å². The molecule has 0 aliphatic heterocycles. The van der Waals surface area contributed by atoms with Crippen LogP contribution in [0.15, 0.2) is 4.99 Å². The topological polar surface area (TPSA) is 99.0 Å². The molecule has 0 radical (unpaired) electrons. The first-order chi connectivity index (χ1) is 7.52. The van der Waals surface area contributed by atoms with Crippen LogP contribution in [0.4, 0.5) is 0 Å². The second kappa shape index (κ2) is 8.43. The number of hydrogen-bond donors (Lipinski definition) is 5. The Morgan fingerprint density at radius 2 is 1.88 bits per heavy atom. The van der Waals surface area contributed by atoms with Crippen molar-refractivity contribution in [3.8, 4) is 0 Å². The Balaban J connectivity index is 4.00. The van der Waals surface area contributed by atoms with Crippen molar-refractivity contribution in [2.75, 3.05) is 18.1 Å². The van der Waals surface area contributed by atoms with E-state index in [0.717, 1.165) is 0 Å². The molecular formula is C8H14N2O4S2. The highest BCUT2D eigenvalue weighted by Crippen LogP contribution is 1.93. The standard InChI is InChI=1S/C8H14N2O4S2/c11-7(12)5(3-15)9-1-2-10-6(4-16)8(13)14/h1,5-6,10,15-16H,2-4H2,(H,11,12)(H,13,14)/t5-,6-/m0/s1.